The molecule has 0 aromatic heterocycles. The maximum absolute atomic E-state index is 5.87. The highest BCUT2D eigenvalue weighted by Gasteiger charge is 2.14. The summed E-state index contributed by atoms with van der Waals surface area (Å²) in [6.45, 7) is 25.4. The molecule has 0 rings (SSSR count). The molecule has 0 unspecified atom stereocenters. The normalized spacial score (nSPS) is 12.3. The van der Waals surface area contributed by atoms with Crippen molar-refractivity contribution in [2.75, 3.05) is 170 Å². The van der Waals surface area contributed by atoms with Gasteiger partial charge in [-0.1, -0.05) is 0 Å². The number of nitrogens with two attached hydrogens (primary N) is 8. The van der Waals surface area contributed by atoms with E-state index in [0.29, 0.717) is 0 Å². The quantitative estimate of drug-likeness (QED) is 0.0381. The van der Waals surface area contributed by atoms with E-state index in [4.69, 9.17) is 45.9 Å². The lowest BCUT2D eigenvalue weighted by molar-refractivity contribution is 0.165. The highest BCUT2D eigenvalue weighted by atomic mass is 15.2. The van der Waals surface area contributed by atoms with Gasteiger partial charge in [-0.15, -0.1) is 0 Å². The molecule has 14 heteroatoms. The van der Waals surface area contributed by atoms with Crippen molar-refractivity contribution >= 4 is 0 Å². The van der Waals surface area contributed by atoms with Gasteiger partial charge in [0.1, 0.15) is 0 Å². The maximum atomic E-state index is 5.87. The van der Waals surface area contributed by atoms with Gasteiger partial charge in [-0.05, 0) is 234 Å². The lowest BCUT2D eigenvalue weighted by Gasteiger charge is -2.31. The minimum absolute atomic E-state index is 0.738. The van der Waals surface area contributed by atoms with E-state index in [-0.39, 0.29) is 0 Å². The molecule has 0 saturated heterocycles. The first-order valence-corrected chi connectivity index (χ1v) is 21.5. The van der Waals surface area contributed by atoms with E-state index in [0.717, 1.165) is 247 Å². The molecule has 0 fully saturated rings. The van der Waals surface area contributed by atoms with Gasteiger partial charge in [0, 0.05) is 13.1 Å². The van der Waals surface area contributed by atoms with E-state index in [2.05, 4.69) is 29.4 Å². The Morgan fingerprint density at radius 3 is 0.404 bits per heavy atom. The molecule has 0 aliphatic carbocycles. The van der Waals surface area contributed by atoms with Crippen LogP contribution in [0.1, 0.15) is 77.0 Å². The van der Waals surface area contributed by atoms with Gasteiger partial charge in [0.15, 0.2) is 0 Å². The van der Waals surface area contributed by atoms with Crippen molar-refractivity contribution < 1.29 is 0 Å². The summed E-state index contributed by atoms with van der Waals surface area (Å²) < 4.78 is 0. The summed E-state index contributed by atoms with van der Waals surface area (Å²) in [6.07, 6.45) is 12.9. The van der Waals surface area contributed by atoms with Gasteiger partial charge in [-0.25, -0.2) is 0 Å². The Morgan fingerprint density at radius 1 is 0.154 bits per heavy atom. The summed E-state index contributed by atoms with van der Waals surface area (Å²) in [5, 5.41) is 0. The molecular weight excluding hydrogens is 653 g/mol. The third-order valence-corrected chi connectivity index (χ3v) is 9.95. The fourth-order valence-electron chi connectivity index (χ4n) is 6.89. The Kier molecular flexibility index (Phi) is 39.7. The first kappa shape index (κ1) is 51.4. The monoisotopic (exact) mass is 745 g/mol. The van der Waals surface area contributed by atoms with Crippen LogP contribution in [0.4, 0.5) is 0 Å². The predicted octanol–water partition coefficient (Wildman–Crippen LogP) is -0.851. The first-order chi connectivity index (χ1) is 25.5. The van der Waals surface area contributed by atoms with Crippen LogP contribution in [0.2, 0.25) is 0 Å². The Hall–Kier alpha value is -0.560. The highest BCUT2D eigenvalue weighted by molar-refractivity contribution is 4.71. The highest BCUT2D eigenvalue weighted by Crippen LogP contribution is 2.06. The molecule has 0 aliphatic rings. The van der Waals surface area contributed by atoms with Crippen LogP contribution in [0.15, 0.2) is 0 Å². The van der Waals surface area contributed by atoms with Crippen LogP contribution in [0.5, 0.6) is 0 Å². The van der Waals surface area contributed by atoms with Crippen molar-refractivity contribution in [1.82, 2.24) is 29.4 Å². The molecule has 314 valence electrons. The molecule has 0 aliphatic heterocycles. The minimum Gasteiger partial charge on any atom is -0.330 e. The second-order valence-electron chi connectivity index (χ2n) is 14.6. The van der Waals surface area contributed by atoms with E-state index in [1.165, 1.54) is 0 Å². The van der Waals surface area contributed by atoms with Crippen LogP contribution in [0, 0.1) is 0 Å². The topological polar surface area (TPSA) is 228 Å². The number of rotatable bonds is 43. The predicted molar refractivity (Wildman–Crippen MR) is 226 cm³/mol. The van der Waals surface area contributed by atoms with E-state index in [9.17, 15) is 0 Å². The van der Waals surface area contributed by atoms with Crippen LogP contribution in [-0.2, 0) is 0 Å². The van der Waals surface area contributed by atoms with Gasteiger partial charge in [0.05, 0.1) is 0 Å². The molecule has 0 heterocycles. The SMILES string of the molecule is NCCCN(CCCN)CCCN(CCCN(CCCN)CCCN)CCN(CCCN(CCCN)CCCN)CCCN(CCCN)CCCN. The van der Waals surface area contributed by atoms with E-state index < -0.39 is 0 Å². The van der Waals surface area contributed by atoms with Crippen LogP contribution in [0.25, 0.3) is 0 Å². The fraction of sp³-hybridized carbons (Fsp3) is 1.00. The molecule has 52 heavy (non-hydrogen) atoms. The van der Waals surface area contributed by atoms with Crippen molar-refractivity contribution in [2.24, 2.45) is 45.9 Å². The van der Waals surface area contributed by atoms with Crippen LogP contribution >= 0.6 is 0 Å². The number of nitrogens with zero attached hydrogens (tertiary/aromatic N) is 6. The summed E-state index contributed by atoms with van der Waals surface area (Å²) >= 11 is 0. The Labute approximate surface area is 322 Å². The molecule has 0 radical (unpaired) electrons. The maximum Gasteiger partial charge on any atom is 0.0109 e. The van der Waals surface area contributed by atoms with Crippen molar-refractivity contribution in [2.45, 2.75) is 77.0 Å². The molecular formula is C38H92N14. The minimum atomic E-state index is 0.738. The van der Waals surface area contributed by atoms with Gasteiger partial charge >= 0.3 is 0 Å². The second kappa shape index (κ2) is 40.1. The van der Waals surface area contributed by atoms with Gasteiger partial charge in [-0.2, -0.15) is 0 Å². The molecule has 16 N–H and O–H groups in total. The molecule has 0 saturated carbocycles. The third kappa shape index (κ3) is 31.8. The number of hydrogen-bond donors (Lipinski definition) is 8. The van der Waals surface area contributed by atoms with E-state index in [1.807, 2.05) is 0 Å². The average Bonchev–Trinajstić information content (AvgIpc) is 3.16. The van der Waals surface area contributed by atoms with E-state index in [1.54, 1.807) is 0 Å². The molecule has 14 nitrogen and oxygen atoms in total. The van der Waals surface area contributed by atoms with Crippen molar-refractivity contribution in [3.63, 3.8) is 0 Å². The van der Waals surface area contributed by atoms with Gasteiger partial charge in [-0.3, -0.25) is 0 Å². The number of hydrogen-bond acceptors (Lipinski definition) is 14. The van der Waals surface area contributed by atoms with Crippen LogP contribution in [-0.4, -0.2) is 200 Å². The zero-order valence-corrected chi connectivity index (χ0v) is 34.2. The van der Waals surface area contributed by atoms with Gasteiger partial charge in [0.25, 0.3) is 0 Å². The second-order valence-corrected chi connectivity index (χ2v) is 14.6. The van der Waals surface area contributed by atoms with Gasteiger partial charge < -0.3 is 75.3 Å². The fourth-order valence-corrected chi connectivity index (χ4v) is 6.89. The zero-order chi connectivity index (χ0) is 38.3. The summed E-state index contributed by atoms with van der Waals surface area (Å²) in [5.41, 5.74) is 47.0. The van der Waals surface area contributed by atoms with Crippen molar-refractivity contribution in [3.8, 4) is 0 Å². The first-order valence-electron chi connectivity index (χ1n) is 21.5. The molecule has 0 spiro atoms. The molecule has 0 atom stereocenters. The summed E-state index contributed by atoms with van der Waals surface area (Å²) in [5.74, 6) is 0. The zero-order valence-electron chi connectivity index (χ0n) is 34.2. The summed E-state index contributed by atoms with van der Waals surface area (Å²) in [7, 11) is 0. The Morgan fingerprint density at radius 2 is 0.269 bits per heavy atom. The van der Waals surface area contributed by atoms with Crippen LogP contribution < -0.4 is 45.9 Å². The average molecular weight is 745 g/mol. The van der Waals surface area contributed by atoms with Crippen molar-refractivity contribution in [3.05, 3.63) is 0 Å². The third-order valence-electron chi connectivity index (χ3n) is 9.95. The molecule has 0 bridgehead atoms. The smallest absolute Gasteiger partial charge is 0.0109 e. The van der Waals surface area contributed by atoms with Crippen LogP contribution in [0.3, 0.4) is 0 Å². The summed E-state index contributed by atoms with van der Waals surface area (Å²) in [4.78, 5) is 15.7. The standard InChI is InChI=1S/C38H92N14/c39-13-1-21-47(22-2-14-40)29-9-33-51(34-10-30-48(23-3-15-41)24-4-16-42)37-38-52(35-11-31-49(25-5-17-43)26-6-18-44)36-12-32-50(27-7-19-45)28-8-20-46/h1-46H2. The lowest BCUT2D eigenvalue weighted by atomic mass is 10.2. The lowest BCUT2D eigenvalue weighted by Crippen LogP contribution is -2.41. The molecule has 0 amide bonds. The Bertz CT molecular complexity index is 554. The largest absolute Gasteiger partial charge is 0.330 e. The molecule has 0 aromatic rings. The molecule has 0 aromatic carbocycles. The Balaban J connectivity index is 5.65. The van der Waals surface area contributed by atoms with E-state index >= 15 is 0 Å². The summed E-state index contributed by atoms with van der Waals surface area (Å²) in [6, 6.07) is 0. The van der Waals surface area contributed by atoms with Crippen molar-refractivity contribution in [1.29, 1.82) is 0 Å². The van der Waals surface area contributed by atoms with Gasteiger partial charge in [0.2, 0.25) is 0 Å².